The number of carbonyl (C=O) groups excluding carboxylic acids is 1. The number of nitrogens with one attached hydrogen (secondary N) is 2. The lowest BCUT2D eigenvalue weighted by Gasteiger charge is -2.36. The third-order valence-electron chi connectivity index (χ3n) is 6.17. The van der Waals surface area contributed by atoms with Gasteiger partial charge in [0.05, 0.1) is 0 Å². The molecule has 178 valence electrons. The molecule has 2 aliphatic rings. The van der Waals surface area contributed by atoms with Crippen LogP contribution < -0.4 is 15.4 Å². The average molecular weight is 444 g/mol. The van der Waals surface area contributed by atoms with Gasteiger partial charge in [-0.2, -0.15) is 0 Å². The normalized spacial score (nSPS) is 18.6. The molecule has 0 aromatic heterocycles. The van der Waals surface area contributed by atoms with Crippen LogP contribution in [0.15, 0.2) is 29.3 Å². The predicted octanol–water partition coefficient (Wildman–Crippen LogP) is 2.86. The first-order valence-corrected chi connectivity index (χ1v) is 12.1. The van der Waals surface area contributed by atoms with E-state index in [1.165, 1.54) is 12.8 Å². The number of nitrogens with zero attached hydrogens (tertiary/aromatic N) is 3. The fourth-order valence-corrected chi connectivity index (χ4v) is 4.43. The molecule has 0 spiro atoms. The molecule has 1 saturated heterocycles. The Hall–Kier alpha value is -2.28. The highest BCUT2D eigenvalue weighted by atomic mass is 16.5. The maximum Gasteiger partial charge on any atom is 0.225 e. The van der Waals surface area contributed by atoms with E-state index in [1.54, 1.807) is 7.05 Å². The van der Waals surface area contributed by atoms with Gasteiger partial charge in [0.15, 0.2) is 5.96 Å². The van der Waals surface area contributed by atoms with Crippen LogP contribution in [-0.4, -0.2) is 73.6 Å². The summed E-state index contributed by atoms with van der Waals surface area (Å²) in [7, 11) is 1.79. The van der Waals surface area contributed by atoms with Crippen LogP contribution >= 0.6 is 0 Å². The van der Waals surface area contributed by atoms with Crippen molar-refractivity contribution >= 4 is 11.9 Å². The SMILES string of the molecule is CN=C(NCCN1CCN(C(=O)C2CCCC2)CC1)NCc1ccccc1OC(C)(C)C. The fraction of sp³-hybridized carbons (Fsp3) is 0.680. The topological polar surface area (TPSA) is 69.2 Å². The van der Waals surface area contributed by atoms with Crippen LogP contribution in [0.25, 0.3) is 0 Å². The van der Waals surface area contributed by atoms with Gasteiger partial charge in [-0.15, -0.1) is 0 Å². The first-order chi connectivity index (χ1) is 15.4. The number of rotatable bonds is 7. The molecule has 0 bridgehead atoms. The largest absolute Gasteiger partial charge is 0.488 e. The summed E-state index contributed by atoms with van der Waals surface area (Å²) >= 11 is 0. The Labute approximate surface area is 193 Å². The quantitative estimate of drug-likeness (QED) is 0.501. The Kier molecular flexibility index (Phi) is 8.79. The molecule has 1 amide bonds. The van der Waals surface area contributed by atoms with Crippen molar-refractivity contribution in [3.8, 4) is 5.75 Å². The van der Waals surface area contributed by atoms with Crippen molar-refractivity contribution in [1.29, 1.82) is 0 Å². The molecule has 1 aromatic carbocycles. The minimum atomic E-state index is -0.234. The fourth-order valence-electron chi connectivity index (χ4n) is 4.43. The molecule has 1 heterocycles. The number of hydrogen-bond acceptors (Lipinski definition) is 4. The van der Waals surface area contributed by atoms with E-state index < -0.39 is 0 Å². The van der Waals surface area contributed by atoms with Gasteiger partial charge in [0.2, 0.25) is 5.91 Å². The maximum atomic E-state index is 12.6. The lowest BCUT2D eigenvalue weighted by Crippen LogP contribution is -2.51. The maximum absolute atomic E-state index is 12.6. The molecule has 7 heteroatoms. The highest BCUT2D eigenvalue weighted by Gasteiger charge is 2.29. The van der Waals surface area contributed by atoms with E-state index in [0.29, 0.717) is 12.5 Å². The first-order valence-electron chi connectivity index (χ1n) is 12.1. The second kappa shape index (κ2) is 11.5. The molecule has 1 aliphatic carbocycles. The van der Waals surface area contributed by atoms with Crippen LogP contribution in [0.2, 0.25) is 0 Å². The van der Waals surface area contributed by atoms with Crippen molar-refractivity contribution in [2.75, 3.05) is 46.3 Å². The molecular weight excluding hydrogens is 402 g/mol. The summed E-state index contributed by atoms with van der Waals surface area (Å²) < 4.78 is 6.08. The summed E-state index contributed by atoms with van der Waals surface area (Å²) in [6, 6.07) is 8.11. The number of para-hydroxylation sites is 1. The summed E-state index contributed by atoms with van der Waals surface area (Å²) in [5, 5.41) is 6.80. The summed E-state index contributed by atoms with van der Waals surface area (Å²) in [5.41, 5.74) is 0.871. The number of hydrogen-bond donors (Lipinski definition) is 2. The second-order valence-corrected chi connectivity index (χ2v) is 9.82. The number of benzene rings is 1. The van der Waals surface area contributed by atoms with E-state index in [1.807, 2.05) is 18.2 Å². The van der Waals surface area contributed by atoms with Gasteiger partial charge in [-0.25, -0.2) is 0 Å². The summed E-state index contributed by atoms with van der Waals surface area (Å²) in [6.45, 7) is 12.2. The number of amides is 1. The molecule has 1 aliphatic heterocycles. The Morgan fingerprint density at radius 1 is 1.09 bits per heavy atom. The zero-order valence-corrected chi connectivity index (χ0v) is 20.3. The van der Waals surface area contributed by atoms with Gasteiger partial charge >= 0.3 is 0 Å². The van der Waals surface area contributed by atoms with Gasteiger partial charge in [0, 0.05) is 64.3 Å². The Morgan fingerprint density at radius 2 is 1.78 bits per heavy atom. The molecule has 1 saturated carbocycles. The zero-order valence-electron chi connectivity index (χ0n) is 20.3. The van der Waals surface area contributed by atoms with Crippen molar-refractivity contribution in [3.05, 3.63) is 29.8 Å². The molecule has 0 unspecified atom stereocenters. The van der Waals surface area contributed by atoms with Gasteiger partial charge in [0.1, 0.15) is 11.4 Å². The number of aliphatic imine (C=N–C) groups is 1. The van der Waals surface area contributed by atoms with Gasteiger partial charge in [-0.3, -0.25) is 14.7 Å². The van der Waals surface area contributed by atoms with Crippen molar-refractivity contribution in [3.63, 3.8) is 0 Å². The van der Waals surface area contributed by atoms with Crippen LogP contribution in [0.4, 0.5) is 0 Å². The van der Waals surface area contributed by atoms with Crippen molar-refractivity contribution < 1.29 is 9.53 Å². The van der Waals surface area contributed by atoms with Crippen LogP contribution in [0.3, 0.4) is 0 Å². The van der Waals surface area contributed by atoms with Crippen LogP contribution in [0.5, 0.6) is 5.75 Å². The average Bonchev–Trinajstić information content (AvgIpc) is 3.31. The van der Waals surface area contributed by atoms with E-state index in [-0.39, 0.29) is 11.5 Å². The molecule has 1 aromatic rings. The molecule has 7 nitrogen and oxygen atoms in total. The highest BCUT2D eigenvalue weighted by molar-refractivity contribution is 5.80. The molecular formula is C25H41N5O2. The second-order valence-electron chi connectivity index (χ2n) is 9.82. The molecule has 2 N–H and O–H groups in total. The number of guanidine groups is 1. The molecule has 2 fully saturated rings. The minimum Gasteiger partial charge on any atom is -0.488 e. The highest BCUT2D eigenvalue weighted by Crippen LogP contribution is 2.27. The van der Waals surface area contributed by atoms with E-state index in [0.717, 1.165) is 69.4 Å². The third-order valence-corrected chi connectivity index (χ3v) is 6.17. The van der Waals surface area contributed by atoms with E-state index in [9.17, 15) is 4.79 Å². The molecule has 3 rings (SSSR count). The van der Waals surface area contributed by atoms with Crippen molar-refractivity contribution in [2.45, 2.75) is 58.6 Å². The first kappa shape index (κ1) is 24.4. The smallest absolute Gasteiger partial charge is 0.225 e. The van der Waals surface area contributed by atoms with Crippen LogP contribution in [-0.2, 0) is 11.3 Å². The monoisotopic (exact) mass is 443 g/mol. The van der Waals surface area contributed by atoms with Crippen LogP contribution in [0.1, 0.15) is 52.0 Å². The predicted molar refractivity (Wildman–Crippen MR) is 130 cm³/mol. The third kappa shape index (κ3) is 7.40. The summed E-state index contributed by atoms with van der Waals surface area (Å²) in [6.07, 6.45) is 4.60. The van der Waals surface area contributed by atoms with Gasteiger partial charge < -0.3 is 20.3 Å². The zero-order chi connectivity index (χ0) is 23.0. The summed E-state index contributed by atoms with van der Waals surface area (Å²) in [5.74, 6) is 2.36. The molecule has 0 atom stereocenters. The van der Waals surface area contributed by atoms with Crippen LogP contribution in [0, 0.1) is 5.92 Å². The van der Waals surface area contributed by atoms with E-state index in [4.69, 9.17) is 4.74 Å². The number of carbonyl (C=O) groups is 1. The Morgan fingerprint density at radius 3 is 2.44 bits per heavy atom. The Bertz CT molecular complexity index is 760. The standard InChI is InChI=1S/C25H41N5O2/c1-25(2,3)32-22-12-8-7-11-21(22)19-28-24(26-4)27-13-14-29-15-17-30(18-16-29)23(31)20-9-5-6-10-20/h7-8,11-12,20H,5-6,9-10,13-19H2,1-4H3,(H2,26,27,28). The van der Waals surface area contributed by atoms with Gasteiger partial charge in [0.25, 0.3) is 0 Å². The lowest BCUT2D eigenvalue weighted by atomic mass is 10.1. The Balaban J connectivity index is 1.37. The van der Waals surface area contributed by atoms with Crippen molar-refractivity contribution in [2.24, 2.45) is 10.9 Å². The van der Waals surface area contributed by atoms with E-state index >= 15 is 0 Å². The van der Waals surface area contributed by atoms with E-state index in [2.05, 4.69) is 52.3 Å². The van der Waals surface area contributed by atoms with Gasteiger partial charge in [-0.1, -0.05) is 31.0 Å². The van der Waals surface area contributed by atoms with Crippen molar-refractivity contribution in [1.82, 2.24) is 20.4 Å². The summed E-state index contributed by atoms with van der Waals surface area (Å²) in [4.78, 5) is 21.5. The molecule has 0 radical (unpaired) electrons. The molecule has 32 heavy (non-hydrogen) atoms. The number of piperazine rings is 1. The minimum absolute atomic E-state index is 0.234. The van der Waals surface area contributed by atoms with Gasteiger partial charge in [-0.05, 0) is 39.7 Å². The lowest BCUT2D eigenvalue weighted by molar-refractivity contribution is -0.137. The number of ether oxygens (including phenoxy) is 1.